The van der Waals surface area contributed by atoms with Gasteiger partial charge >= 0.3 is 59.0 Å². The van der Waals surface area contributed by atoms with E-state index in [0.717, 1.165) is 12.8 Å². The quantitative estimate of drug-likeness (QED) is 0.237. The van der Waals surface area contributed by atoms with Crippen LogP contribution in [0.15, 0.2) is 0 Å². The Bertz CT molecular complexity index is 277. The van der Waals surface area contributed by atoms with Gasteiger partial charge in [-0.05, 0) is 6.42 Å². The number of hydrogen-bond donors (Lipinski definition) is 3. The second kappa shape index (κ2) is 17.6. The minimum atomic E-state index is -4.29. The van der Waals surface area contributed by atoms with E-state index in [9.17, 15) is 9.67 Å². The number of aliphatic hydroxyl groups excluding tert-OH is 1. The normalized spacial score (nSPS) is 12.9. The van der Waals surface area contributed by atoms with Gasteiger partial charge in [0.05, 0.1) is 0 Å². The first-order valence-electron chi connectivity index (χ1n) is 8.71. The van der Waals surface area contributed by atoms with Gasteiger partial charge in [0.1, 0.15) is 0 Å². The Hall–Kier alpha value is 1.75. The van der Waals surface area contributed by atoms with Crippen LogP contribution < -0.4 is 51.4 Å². The topological polar surface area (TPSA) is 77.8 Å². The third kappa shape index (κ3) is 18.1. The SMILES string of the molecule is CCCCCCCCCCCCCCCC(O)P(=O)(O)O.[H-].[K+]. The molecule has 0 rings (SSSR count). The molecule has 0 heterocycles. The van der Waals surface area contributed by atoms with Crippen molar-refractivity contribution in [3.8, 4) is 0 Å². The summed E-state index contributed by atoms with van der Waals surface area (Å²) in [7, 11) is -4.29. The van der Waals surface area contributed by atoms with Crippen LogP contribution in [0.1, 0.15) is 98.2 Å². The third-order valence-electron chi connectivity index (χ3n) is 3.95. The zero-order valence-electron chi connectivity index (χ0n) is 15.7. The molecule has 0 fully saturated rings. The summed E-state index contributed by atoms with van der Waals surface area (Å²) < 4.78 is 10.7. The second-order valence-corrected chi connectivity index (χ2v) is 7.88. The fraction of sp³-hybridized carbons (Fsp3) is 1.00. The molecule has 0 saturated heterocycles. The van der Waals surface area contributed by atoms with E-state index in [1.807, 2.05) is 0 Å². The van der Waals surface area contributed by atoms with E-state index in [1.165, 1.54) is 64.2 Å². The van der Waals surface area contributed by atoms with Gasteiger partial charge in [-0.2, -0.15) is 0 Å². The van der Waals surface area contributed by atoms with Crippen LogP contribution in [0.4, 0.5) is 0 Å². The Labute approximate surface area is 180 Å². The summed E-state index contributed by atoms with van der Waals surface area (Å²) in [5.74, 6) is -1.47. The van der Waals surface area contributed by atoms with Gasteiger partial charge in [0.25, 0.3) is 0 Å². The van der Waals surface area contributed by atoms with E-state index in [1.54, 1.807) is 0 Å². The molecule has 1 unspecified atom stereocenters. The number of unbranched alkanes of at least 4 members (excludes halogenated alkanes) is 12. The molecule has 0 aliphatic carbocycles. The first kappa shape index (κ1) is 26.0. The molecule has 0 radical (unpaired) electrons. The number of aliphatic hydroxyl groups is 1. The van der Waals surface area contributed by atoms with E-state index >= 15 is 0 Å². The molecule has 3 N–H and O–H groups in total. The van der Waals surface area contributed by atoms with Gasteiger partial charge in [-0.1, -0.05) is 90.4 Å². The Kier molecular flexibility index (Phi) is 20.7. The predicted molar refractivity (Wildman–Crippen MR) is 89.5 cm³/mol. The van der Waals surface area contributed by atoms with E-state index in [4.69, 9.17) is 9.79 Å². The molecule has 4 nitrogen and oxygen atoms in total. The Morgan fingerprint density at radius 2 is 1.09 bits per heavy atom. The van der Waals surface area contributed by atoms with Gasteiger partial charge < -0.3 is 16.3 Å². The van der Waals surface area contributed by atoms with Crippen molar-refractivity contribution in [2.24, 2.45) is 0 Å². The predicted octanol–water partition coefficient (Wildman–Crippen LogP) is 2.08. The molecule has 0 bridgehead atoms. The van der Waals surface area contributed by atoms with E-state index in [-0.39, 0.29) is 59.2 Å². The first-order chi connectivity index (χ1) is 9.98. The Morgan fingerprint density at radius 1 is 0.773 bits per heavy atom. The molecule has 0 spiro atoms. The summed E-state index contributed by atoms with van der Waals surface area (Å²) in [6.45, 7) is 2.24. The molecule has 0 aromatic carbocycles. The van der Waals surface area contributed by atoms with Crippen molar-refractivity contribution in [3.63, 3.8) is 0 Å². The Balaban J connectivity index is -0.00000200. The Morgan fingerprint density at radius 3 is 1.41 bits per heavy atom. The van der Waals surface area contributed by atoms with Gasteiger partial charge in [-0.15, -0.1) is 0 Å². The summed E-state index contributed by atoms with van der Waals surface area (Å²) in [6.07, 6.45) is 16.2. The summed E-state index contributed by atoms with van der Waals surface area (Å²) in [4.78, 5) is 17.5. The standard InChI is InChI=1S/C16H35O4P.K.H/c1-2-3-4-5-6-7-8-9-10-11-12-13-14-15-16(17)21(18,19)20;;/h16-17H,2-15H2,1H3,(H2,18,19,20);;/q;+1;-1. The number of rotatable bonds is 15. The van der Waals surface area contributed by atoms with Crippen molar-refractivity contribution >= 4 is 7.60 Å². The summed E-state index contributed by atoms with van der Waals surface area (Å²) in [5, 5.41) is 9.20. The van der Waals surface area contributed by atoms with E-state index in [0.29, 0.717) is 6.42 Å². The molecule has 0 aliphatic rings. The van der Waals surface area contributed by atoms with Gasteiger partial charge in [-0.3, -0.25) is 4.57 Å². The summed E-state index contributed by atoms with van der Waals surface area (Å²) in [5.41, 5.74) is 0. The van der Waals surface area contributed by atoms with Crippen molar-refractivity contribution in [2.45, 2.75) is 103 Å². The first-order valence-corrected chi connectivity index (χ1v) is 10.4. The van der Waals surface area contributed by atoms with Crippen LogP contribution in [0.5, 0.6) is 0 Å². The molecular weight excluding hydrogens is 326 g/mol. The van der Waals surface area contributed by atoms with Gasteiger partial charge in [-0.25, -0.2) is 0 Å². The minimum absolute atomic E-state index is 0. The van der Waals surface area contributed by atoms with Crippen molar-refractivity contribution in [3.05, 3.63) is 0 Å². The van der Waals surface area contributed by atoms with Crippen molar-refractivity contribution in [2.75, 3.05) is 0 Å². The fourth-order valence-electron chi connectivity index (χ4n) is 2.51. The maximum atomic E-state index is 10.7. The molecule has 130 valence electrons. The molecule has 0 aromatic rings. The number of hydrogen-bond acceptors (Lipinski definition) is 2. The molecule has 0 amide bonds. The van der Waals surface area contributed by atoms with Crippen LogP contribution in [0.25, 0.3) is 0 Å². The molecule has 6 heteroatoms. The monoisotopic (exact) mass is 362 g/mol. The van der Waals surface area contributed by atoms with E-state index in [2.05, 4.69) is 6.92 Å². The van der Waals surface area contributed by atoms with Crippen LogP contribution in [-0.4, -0.2) is 20.7 Å². The summed E-state index contributed by atoms with van der Waals surface area (Å²) in [6, 6.07) is 0. The van der Waals surface area contributed by atoms with Crippen LogP contribution in [0.3, 0.4) is 0 Å². The van der Waals surface area contributed by atoms with Crippen molar-refractivity contribution < 1.29 is 72.3 Å². The van der Waals surface area contributed by atoms with Gasteiger partial charge in [0, 0.05) is 0 Å². The van der Waals surface area contributed by atoms with Crippen molar-refractivity contribution in [1.29, 1.82) is 0 Å². The van der Waals surface area contributed by atoms with Gasteiger partial charge in [0.15, 0.2) is 5.85 Å². The summed E-state index contributed by atoms with van der Waals surface area (Å²) >= 11 is 0. The fourth-order valence-corrected chi connectivity index (χ4v) is 3.03. The molecular formula is C16H36KO4P. The van der Waals surface area contributed by atoms with E-state index < -0.39 is 13.4 Å². The van der Waals surface area contributed by atoms with Gasteiger partial charge in [0.2, 0.25) is 0 Å². The second-order valence-electron chi connectivity index (χ2n) is 6.10. The maximum absolute atomic E-state index is 10.7. The van der Waals surface area contributed by atoms with Crippen LogP contribution in [-0.2, 0) is 4.57 Å². The third-order valence-corrected chi connectivity index (χ3v) is 4.99. The van der Waals surface area contributed by atoms with Crippen LogP contribution in [0, 0.1) is 0 Å². The molecule has 0 saturated carbocycles. The zero-order valence-corrected chi connectivity index (χ0v) is 18.7. The average Bonchev–Trinajstić information content (AvgIpc) is 2.42. The van der Waals surface area contributed by atoms with Crippen LogP contribution in [0.2, 0.25) is 0 Å². The largest absolute Gasteiger partial charge is 1.00 e. The molecule has 0 aliphatic heterocycles. The molecule has 22 heavy (non-hydrogen) atoms. The van der Waals surface area contributed by atoms with Crippen LogP contribution >= 0.6 is 7.60 Å². The minimum Gasteiger partial charge on any atom is -1.00 e. The molecule has 1 atom stereocenters. The average molecular weight is 363 g/mol. The van der Waals surface area contributed by atoms with Crippen molar-refractivity contribution in [1.82, 2.24) is 0 Å². The smallest absolute Gasteiger partial charge is 1.00 e. The zero-order chi connectivity index (χ0) is 16.0. The molecule has 0 aromatic heterocycles. The maximum Gasteiger partial charge on any atom is 1.00 e.